The number of rotatable bonds is 6. The molecule has 3 heterocycles. The van der Waals surface area contributed by atoms with E-state index in [0.29, 0.717) is 34.7 Å². The number of aromatic nitrogens is 2. The molecule has 4 rings (SSSR count). The molecule has 2 aromatic heterocycles. The average molecular weight is 458 g/mol. The molecule has 1 aromatic carbocycles. The summed E-state index contributed by atoms with van der Waals surface area (Å²) in [4.78, 5) is 19.1. The Morgan fingerprint density at radius 1 is 1.35 bits per heavy atom. The number of amides is 1. The fraction of sp³-hybridized carbons (Fsp3) is 0.364. The third-order valence-corrected chi connectivity index (χ3v) is 6.50. The number of carbonyl (C=O) groups excluding carboxylic acids is 1. The van der Waals surface area contributed by atoms with Crippen molar-refractivity contribution in [2.24, 2.45) is 0 Å². The minimum absolute atomic E-state index is 0.0209. The molecule has 0 spiro atoms. The molecule has 1 aliphatic rings. The Morgan fingerprint density at radius 2 is 2.13 bits per heavy atom. The predicted molar refractivity (Wildman–Crippen MR) is 124 cm³/mol. The van der Waals surface area contributed by atoms with E-state index in [1.807, 2.05) is 28.5 Å². The summed E-state index contributed by atoms with van der Waals surface area (Å²) in [6.45, 7) is 5.36. The van der Waals surface area contributed by atoms with Crippen molar-refractivity contribution in [3.05, 3.63) is 51.0 Å². The zero-order valence-corrected chi connectivity index (χ0v) is 19.0. The first-order valence-corrected chi connectivity index (χ1v) is 11.5. The van der Waals surface area contributed by atoms with Gasteiger partial charge in [0.15, 0.2) is 0 Å². The number of nitrogens with zero attached hydrogens (tertiary/aromatic N) is 3. The molecule has 31 heavy (non-hydrogen) atoms. The van der Waals surface area contributed by atoms with Gasteiger partial charge in [-0.25, -0.2) is 0 Å². The van der Waals surface area contributed by atoms with Crippen molar-refractivity contribution in [3.8, 4) is 11.4 Å². The van der Waals surface area contributed by atoms with Gasteiger partial charge in [0, 0.05) is 48.1 Å². The highest BCUT2D eigenvalue weighted by Crippen LogP contribution is 2.31. The van der Waals surface area contributed by atoms with E-state index in [9.17, 15) is 4.79 Å². The molecule has 0 bridgehead atoms. The summed E-state index contributed by atoms with van der Waals surface area (Å²) in [6.07, 6.45) is 2.86. The molecule has 1 saturated heterocycles. The lowest BCUT2D eigenvalue weighted by Crippen LogP contribution is -2.37. The number of thiophene rings is 1. The molecule has 1 fully saturated rings. The highest BCUT2D eigenvalue weighted by molar-refractivity contribution is 7.14. The minimum Gasteiger partial charge on any atom is -0.382 e. The summed E-state index contributed by atoms with van der Waals surface area (Å²) < 4.78 is 6.11. The van der Waals surface area contributed by atoms with Gasteiger partial charge >= 0.3 is 0 Å². The number of anilines is 1. The highest BCUT2D eigenvalue weighted by Gasteiger charge is 2.29. The first-order chi connectivity index (χ1) is 15.0. The number of halogens is 1. The molecule has 7 nitrogen and oxygen atoms in total. The van der Waals surface area contributed by atoms with E-state index in [1.165, 1.54) is 17.6 Å². The molecule has 3 aromatic rings. The summed E-state index contributed by atoms with van der Waals surface area (Å²) >= 11 is 7.49. The van der Waals surface area contributed by atoms with E-state index in [0.717, 1.165) is 29.7 Å². The SMILES string of the molecule is CC(C)Nc1cc(-c2noc(C3CCN(C(=O)c4ccsc4Cl)CC3)n2)ccc1C=N. The van der Waals surface area contributed by atoms with Crippen LogP contribution in [0.5, 0.6) is 0 Å². The van der Waals surface area contributed by atoms with Crippen molar-refractivity contribution in [1.82, 2.24) is 15.0 Å². The number of hydrogen-bond donors (Lipinski definition) is 2. The molecule has 0 radical (unpaired) electrons. The molecule has 1 aliphatic heterocycles. The van der Waals surface area contributed by atoms with E-state index < -0.39 is 0 Å². The minimum atomic E-state index is -0.0209. The smallest absolute Gasteiger partial charge is 0.256 e. The van der Waals surface area contributed by atoms with Crippen LogP contribution in [0, 0.1) is 5.41 Å². The van der Waals surface area contributed by atoms with Crippen molar-refractivity contribution >= 4 is 40.7 Å². The van der Waals surface area contributed by atoms with E-state index in [1.54, 1.807) is 6.07 Å². The van der Waals surface area contributed by atoms with Gasteiger partial charge in [-0.05, 0) is 44.2 Å². The summed E-state index contributed by atoms with van der Waals surface area (Å²) in [7, 11) is 0. The van der Waals surface area contributed by atoms with Crippen LogP contribution in [0.25, 0.3) is 11.4 Å². The van der Waals surface area contributed by atoms with Gasteiger partial charge in [0.25, 0.3) is 5.91 Å². The average Bonchev–Trinajstić information content (AvgIpc) is 3.42. The maximum absolute atomic E-state index is 12.6. The number of piperidine rings is 1. The lowest BCUT2D eigenvalue weighted by atomic mass is 9.96. The van der Waals surface area contributed by atoms with Gasteiger partial charge < -0.3 is 20.1 Å². The fourth-order valence-electron chi connectivity index (χ4n) is 3.72. The molecular formula is C22H24ClN5O2S. The number of carbonyl (C=O) groups is 1. The molecule has 2 N–H and O–H groups in total. The monoisotopic (exact) mass is 457 g/mol. The number of likely N-dealkylation sites (tertiary alicyclic amines) is 1. The molecule has 0 saturated carbocycles. The van der Waals surface area contributed by atoms with Crippen LogP contribution in [-0.2, 0) is 0 Å². The van der Waals surface area contributed by atoms with E-state index in [2.05, 4.69) is 29.3 Å². The Morgan fingerprint density at radius 3 is 2.77 bits per heavy atom. The van der Waals surface area contributed by atoms with Crippen LogP contribution in [0.4, 0.5) is 5.69 Å². The molecule has 0 aliphatic carbocycles. The Balaban J connectivity index is 1.45. The lowest BCUT2D eigenvalue weighted by molar-refractivity contribution is 0.0705. The number of nitrogens with one attached hydrogen (secondary N) is 2. The van der Waals surface area contributed by atoms with Gasteiger partial charge in [0.1, 0.15) is 4.34 Å². The van der Waals surface area contributed by atoms with Crippen LogP contribution in [-0.4, -0.2) is 46.3 Å². The van der Waals surface area contributed by atoms with Crippen LogP contribution in [0.3, 0.4) is 0 Å². The first kappa shape index (κ1) is 21.5. The molecule has 162 valence electrons. The Hall–Kier alpha value is -2.71. The van der Waals surface area contributed by atoms with Gasteiger partial charge in [-0.3, -0.25) is 4.79 Å². The van der Waals surface area contributed by atoms with Gasteiger partial charge in [-0.1, -0.05) is 28.9 Å². The van der Waals surface area contributed by atoms with Crippen molar-refractivity contribution in [2.75, 3.05) is 18.4 Å². The molecule has 0 atom stereocenters. The Labute approximate surface area is 189 Å². The van der Waals surface area contributed by atoms with E-state index in [4.69, 9.17) is 21.5 Å². The second-order valence-corrected chi connectivity index (χ2v) is 9.39. The normalized spacial score (nSPS) is 14.8. The van der Waals surface area contributed by atoms with Crippen LogP contribution in [0.2, 0.25) is 4.34 Å². The molecule has 9 heteroatoms. The van der Waals surface area contributed by atoms with E-state index in [-0.39, 0.29) is 17.9 Å². The van der Waals surface area contributed by atoms with E-state index >= 15 is 0 Å². The van der Waals surface area contributed by atoms with Gasteiger partial charge in [-0.2, -0.15) is 4.98 Å². The van der Waals surface area contributed by atoms with Crippen LogP contribution >= 0.6 is 22.9 Å². The quantitative estimate of drug-likeness (QED) is 0.490. The predicted octanol–water partition coefficient (Wildman–Crippen LogP) is 5.29. The zero-order valence-electron chi connectivity index (χ0n) is 17.4. The second-order valence-electron chi connectivity index (χ2n) is 7.88. The van der Waals surface area contributed by atoms with Gasteiger partial charge in [-0.15, -0.1) is 11.3 Å². The molecule has 1 amide bonds. The largest absolute Gasteiger partial charge is 0.382 e. The van der Waals surface area contributed by atoms with Crippen molar-refractivity contribution in [2.45, 2.75) is 38.6 Å². The molecular weight excluding hydrogens is 434 g/mol. The Kier molecular flexibility index (Phi) is 6.38. The van der Waals surface area contributed by atoms with Crippen molar-refractivity contribution in [1.29, 1.82) is 5.41 Å². The summed E-state index contributed by atoms with van der Waals surface area (Å²) in [5.74, 6) is 1.23. The van der Waals surface area contributed by atoms with Crippen LogP contribution in [0.15, 0.2) is 34.2 Å². The summed E-state index contributed by atoms with van der Waals surface area (Å²) in [5, 5.41) is 17.0. The zero-order chi connectivity index (χ0) is 22.0. The molecule has 0 unspecified atom stereocenters. The third-order valence-electron chi connectivity index (χ3n) is 5.33. The van der Waals surface area contributed by atoms with Gasteiger partial charge in [0.2, 0.25) is 11.7 Å². The summed E-state index contributed by atoms with van der Waals surface area (Å²) in [5.41, 5.74) is 3.09. The highest BCUT2D eigenvalue weighted by atomic mass is 35.5. The maximum Gasteiger partial charge on any atom is 0.256 e. The van der Waals surface area contributed by atoms with Crippen LogP contribution < -0.4 is 5.32 Å². The first-order valence-electron chi connectivity index (χ1n) is 10.2. The van der Waals surface area contributed by atoms with Crippen LogP contribution in [0.1, 0.15) is 54.4 Å². The second kappa shape index (κ2) is 9.20. The fourth-order valence-corrected chi connectivity index (χ4v) is 4.63. The van der Waals surface area contributed by atoms with Crippen molar-refractivity contribution < 1.29 is 9.32 Å². The number of benzene rings is 1. The maximum atomic E-state index is 12.6. The third kappa shape index (κ3) is 4.65. The Bertz CT molecular complexity index is 1090. The lowest BCUT2D eigenvalue weighted by Gasteiger charge is -2.30. The topological polar surface area (TPSA) is 95.1 Å². The number of hydrogen-bond acceptors (Lipinski definition) is 7. The standard InChI is InChI=1S/C22H24ClN5O2S/c1-13(2)25-18-11-15(3-4-16(18)12-24)20-26-21(30-27-20)14-5-8-28(9-6-14)22(29)17-7-10-31-19(17)23/h3-4,7,10-14,24-25H,5-6,8-9H2,1-2H3. The van der Waals surface area contributed by atoms with Crippen molar-refractivity contribution in [3.63, 3.8) is 0 Å². The summed E-state index contributed by atoms with van der Waals surface area (Å²) in [6, 6.07) is 7.74. The van der Waals surface area contributed by atoms with Gasteiger partial charge in [0.05, 0.1) is 5.56 Å².